The number of aromatic nitrogens is 2. The fraction of sp³-hybridized carbons (Fsp3) is 0.217. The van der Waals surface area contributed by atoms with Gasteiger partial charge in [0, 0.05) is 42.3 Å². The molecule has 158 valence electrons. The molecule has 1 aliphatic rings. The monoisotopic (exact) mass is 422 g/mol. The van der Waals surface area contributed by atoms with Crippen LogP contribution < -0.4 is 10.6 Å². The van der Waals surface area contributed by atoms with Crippen molar-refractivity contribution < 1.29 is 18.4 Å². The van der Waals surface area contributed by atoms with Crippen LogP contribution in [0.2, 0.25) is 0 Å². The van der Waals surface area contributed by atoms with Crippen molar-refractivity contribution in [2.45, 2.75) is 25.2 Å². The Balaban J connectivity index is 1.48. The van der Waals surface area contributed by atoms with Crippen LogP contribution in [0.15, 0.2) is 67.0 Å². The molecule has 2 heterocycles. The zero-order valence-corrected chi connectivity index (χ0v) is 16.5. The number of alkyl halides is 2. The zero-order chi connectivity index (χ0) is 21.8. The molecule has 6 nitrogen and oxygen atoms in total. The largest absolute Gasteiger partial charge is 0.320 e. The Labute approximate surface area is 177 Å². The smallest absolute Gasteiger partial charge is 0.255 e. The lowest BCUT2D eigenvalue weighted by Crippen LogP contribution is -2.23. The number of carbonyl (C=O) groups excluding carboxylic acids is 2. The predicted octanol–water partition coefficient (Wildman–Crippen LogP) is 4.77. The third kappa shape index (κ3) is 4.91. The third-order valence-electron chi connectivity index (χ3n) is 5.15. The van der Waals surface area contributed by atoms with Crippen molar-refractivity contribution in [1.82, 2.24) is 9.97 Å². The summed E-state index contributed by atoms with van der Waals surface area (Å²) in [6.07, 6.45) is 2.39. The van der Waals surface area contributed by atoms with Gasteiger partial charge in [0.25, 0.3) is 5.91 Å². The number of nitrogens with one attached hydrogen (secondary N) is 2. The maximum atomic E-state index is 13.4. The Morgan fingerprint density at radius 1 is 0.968 bits per heavy atom. The summed E-state index contributed by atoms with van der Waals surface area (Å²) in [5, 5.41) is 5.37. The van der Waals surface area contributed by atoms with Gasteiger partial charge in [0.05, 0.1) is 11.4 Å². The summed E-state index contributed by atoms with van der Waals surface area (Å²) in [6.45, 7) is 0. The number of rotatable bonds is 5. The lowest BCUT2D eigenvalue weighted by molar-refractivity contribution is -0.120. The topological polar surface area (TPSA) is 84.0 Å². The molecule has 2 amide bonds. The molecule has 1 aliphatic carbocycles. The maximum absolute atomic E-state index is 13.4. The van der Waals surface area contributed by atoms with Crippen molar-refractivity contribution in [3.05, 3.63) is 72.6 Å². The minimum atomic E-state index is -2.81. The van der Waals surface area contributed by atoms with Gasteiger partial charge in [0.15, 0.2) is 0 Å². The Kier molecular flexibility index (Phi) is 5.70. The molecule has 0 aliphatic heterocycles. The van der Waals surface area contributed by atoms with Crippen LogP contribution in [-0.4, -0.2) is 27.7 Å². The Morgan fingerprint density at radius 2 is 1.77 bits per heavy atom. The van der Waals surface area contributed by atoms with E-state index in [0.717, 1.165) is 5.56 Å². The number of benzene rings is 1. The molecule has 3 aromatic rings. The van der Waals surface area contributed by atoms with Crippen molar-refractivity contribution in [2.24, 2.45) is 5.92 Å². The standard InChI is InChI=1S/C23H20F2N4O2/c24-23(25)10-8-17(14-23)22(31)29-19-13-16(9-12-26-19)21(30)28-18-7-4-11-27-20(18)15-5-2-1-3-6-15/h1-7,9,11-13,17H,8,10,14H2,(H,28,30)(H,26,29,31). The highest BCUT2D eigenvalue weighted by molar-refractivity contribution is 6.06. The molecule has 1 unspecified atom stereocenters. The van der Waals surface area contributed by atoms with Crippen molar-refractivity contribution in [1.29, 1.82) is 0 Å². The molecule has 0 spiro atoms. The van der Waals surface area contributed by atoms with Crippen LogP contribution in [0.5, 0.6) is 0 Å². The molecule has 1 aromatic carbocycles. The normalized spacial score (nSPS) is 17.2. The highest BCUT2D eigenvalue weighted by atomic mass is 19.3. The van der Waals surface area contributed by atoms with Gasteiger partial charge in [-0.2, -0.15) is 0 Å². The highest BCUT2D eigenvalue weighted by Gasteiger charge is 2.42. The molecule has 31 heavy (non-hydrogen) atoms. The summed E-state index contributed by atoms with van der Waals surface area (Å²) in [7, 11) is 0. The molecular formula is C23H20F2N4O2. The van der Waals surface area contributed by atoms with E-state index < -0.39 is 30.1 Å². The molecule has 0 bridgehead atoms. The fourth-order valence-corrected chi connectivity index (χ4v) is 3.57. The van der Waals surface area contributed by atoms with Crippen molar-refractivity contribution in [3.8, 4) is 11.3 Å². The molecule has 8 heteroatoms. The van der Waals surface area contributed by atoms with E-state index in [0.29, 0.717) is 11.4 Å². The second kappa shape index (κ2) is 8.59. The van der Waals surface area contributed by atoms with Gasteiger partial charge in [-0.25, -0.2) is 13.8 Å². The summed E-state index contributed by atoms with van der Waals surface area (Å²) in [6, 6.07) is 15.8. The van der Waals surface area contributed by atoms with Gasteiger partial charge in [0.1, 0.15) is 5.82 Å². The SMILES string of the molecule is O=C(Nc1cccnc1-c1ccccc1)c1ccnc(NC(=O)C2CCC(F)(F)C2)c1. The second-order valence-corrected chi connectivity index (χ2v) is 7.43. The molecular weight excluding hydrogens is 402 g/mol. The number of amides is 2. The highest BCUT2D eigenvalue weighted by Crippen LogP contribution is 2.39. The predicted molar refractivity (Wildman–Crippen MR) is 113 cm³/mol. The molecule has 1 fully saturated rings. The maximum Gasteiger partial charge on any atom is 0.255 e. The summed E-state index contributed by atoms with van der Waals surface area (Å²) in [5.74, 6) is -4.35. The Bertz CT molecular complexity index is 1110. The minimum absolute atomic E-state index is 0.127. The van der Waals surface area contributed by atoms with Crippen LogP contribution in [-0.2, 0) is 4.79 Å². The fourth-order valence-electron chi connectivity index (χ4n) is 3.57. The summed E-state index contributed by atoms with van der Waals surface area (Å²) in [4.78, 5) is 33.5. The van der Waals surface area contributed by atoms with Crippen LogP contribution in [0.25, 0.3) is 11.3 Å². The van der Waals surface area contributed by atoms with Crippen LogP contribution in [0, 0.1) is 5.92 Å². The van der Waals surface area contributed by atoms with E-state index in [1.807, 2.05) is 30.3 Å². The molecule has 4 rings (SSSR count). The van der Waals surface area contributed by atoms with Crippen LogP contribution >= 0.6 is 0 Å². The average molecular weight is 422 g/mol. The first-order valence-corrected chi connectivity index (χ1v) is 9.88. The quantitative estimate of drug-likeness (QED) is 0.620. The molecule has 0 saturated heterocycles. The third-order valence-corrected chi connectivity index (χ3v) is 5.15. The van der Waals surface area contributed by atoms with Crippen LogP contribution in [0.4, 0.5) is 20.3 Å². The summed E-state index contributed by atoms with van der Waals surface area (Å²) >= 11 is 0. The van der Waals surface area contributed by atoms with E-state index in [-0.39, 0.29) is 24.2 Å². The number of anilines is 2. The van der Waals surface area contributed by atoms with Crippen molar-refractivity contribution >= 4 is 23.3 Å². The van der Waals surface area contributed by atoms with Crippen molar-refractivity contribution in [3.63, 3.8) is 0 Å². The first-order chi connectivity index (χ1) is 14.9. The van der Waals surface area contributed by atoms with E-state index >= 15 is 0 Å². The van der Waals surface area contributed by atoms with Crippen LogP contribution in [0.1, 0.15) is 29.6 Å². The first kappa shape index (κ1) is 20.6. The Hall–Kier alpha value is -3.68. The summed E-state index contributed by atoms with van der Waals surface area (Å²) in [5.41, 5.74) is 2.29. The van der Waals surface area contributed by atoms with E-state index in [4.69, 9.17) is 0 Å². The van der Waals surface area contributed by atoms with Gasteiger partial charge in [-0.15, -0.1) is 0 Å². The van der Waals surface area contributed by atoms with Crippen molar-refractivity contribution in [2.75, 3.05) is 10.6 Å². The number of carbonyl (C=O) groups is 2. The van der Waals surface area contributed by atoms with Gasteiger partial charge < -0.3 is 10.6 Å². The molecule has 2 aromatic heterocycles. The minimum Gasteiger partial charge on any atom is -0.320 e. The van der Waals surface area contributed by atoms with E-state index in [1.54, 1.807) is 18.3 Å². The number of hydrogen-bond acceptors (Lipinski definition) is 4. The molecule has 0 radical (unpaired) electrons. The molecule has 2 N–H and O–H groups in total. The van der Waals surface area contributed by atoms with E-state index in [2.05, 4.69) is 20.6 Å². The summed E-state index contributed by atoms with van der Waals surface area (Å²) < 4.78 is 26.7. The van der Waals surface area contributed by atoms with E-state index in [1.165, 1.54) is 18.3 Å². The van der Waals surface area contributed by atoms with Gasteiger partial charge in [-0.05, 0) is 30.7 Å². The lowest BCUT2D eigenvalue weighted by atomic mass is 10.1. The van der Waals surface area contributed by atoms with Gasteiger partial charge in [0.2, 0.25) is 11.8 Å². The number of halogens is 2. The first-order valence-electron chi connectivity index (χ1n) is 9.88. The van der Waals surface area contributed by atoms with Gasteiger partial charge >= 0.3 is 0 Å². The number of hydrogen-bond donors (Lipinski definition) is 2. The second-order valence-electron chi connectivity index (χ2n) is 7.43. The van der Waals surface area contributed by atoms with Crippen LogP contribution in [0.3, 0.4) is 0 Å². The van der Waals surface area contributed by atoms with Gasteiger partial charge in [-0.3, -0.25) is 14.6 Å². The van der Waals surface area contributed by atoms with E-state index in [9.17, 15) is 18.4 Å². The lowest BCUT2D eigenvalue weighted by Gasteiger charge is -2.12. The molecule has 1 saturated carbocycles. The number of nitrogens with zero attached hydrogens (tertiary/aromatic N) is 2. The molecule has 1 atom stereocenters. The Morgan fingerprint density at radius 3 is 2.52 bits per heavy atom. The van der Waals surface area contributed by atoms with Gasteiger partial charge in [-0.1, -0.05) is 30.3 Å². The zero-order valence-electron chi connectivity index (χ0n) is 16.5. The average Bonchev–Trinajstić information content (AvgIpc) is 3.15. The number of pyridine rings is 2.